The largest absolute Gasteiger partial charge is 0.344 e. The van der Waals surface area contributed by atoms with Gasteiger partial charge >= 0.3 is 0 Å². The molecule has 12 aromatic rings. The number of hydrogen-bond acceptors (Lipinski definition) is 0. The summed E-state index contributed by atoms with van der Waals surface area (Å²) in [4.78, 5) is 0. The lowest BCUT2D eigenvalue weighted by atomic mass is 9.85. The lowest BCUT2D eigenvalue weighted by Crippen LogP contribution is -1.92. The number of para-hydroxylation sites is 2. The molecule has 0 radical (unpaired) electrons. The number of hydrogen-bond donors (Lipinski definition) is 0. The van der Waals surface area contributed by atoms with Gasteiger partial charge in [0.25, 0.3) is 0 Å². The first-order valence-electron chi connectivity index (χ1n) is 20.1. The van der Waals surface area contributed by atoms with Crippen molar-refractivity contribution in [2.24, 2.45) is 14.1 Å². The van der Waals surface area contributed by atoms with E-state index >= 15 is 0 Å². The average Bonchev–Trinajstić information content (AvgIpc) is 3.74. The van der Waals surface area contributed by atoms with Gasteiger partial charge < -0.3 is 9.13 Å². The molecule has 58 heavy (non-hydrogen) atoms. The summed E-state index contributed by atoms with van der Waals surface area (Å²) in [6, 6.07) is 72.2. The van der Waals surface area contributed by atoms with Crippen LogP contribution in [0.1, 0.15) is 0 Å². The number of aromatic nitrogens is 2. The van der Waals surface area contributed by atoms with Gasteiger partial charge in [-0.05, 0) is 119 Å². The predicted molar refractivity (Wildman–Crippen MR) is 249 cm³/mol. The first kappa shape index (κ1) is 32.8. The summed E-state index contributed by atoms with van der Waals surface area (Å²) >= 11 is 0. The molecule has 0 aliphatic carbocycles. The van der Waals surface area contributed by atoms with E-state index in [0.29, 0.717) is 0 Å². The van der Waals surface area contributed by atoms with E-state index in [-0.39, 0.29) is 0 Å². The van der Waals surface area contributed by atoms with Crippen molar-refractivity contribution >= 4 is 75.9 Å². The van der Waals surface area contributed by atoms with E-state index in [2.05, 4.69) is 217 Å². The lowest BCUT2D eigenvalue weighted by Gasteiger charge is -2.18. The van der Waals surface area contributed by atoms with Crippen molar-refractivity contribution in [3.8, 4) is 44.5 Å². The van der Waals surface area contributed by atoms with Gasteiger partial charge in [-0.25, -0.2) is 0 Å². The highest BCUT2D eigenvalue weighted by Gasteiger charge is 2.18. The summed E-state index contributed by atoms with van der Waals surface area (Å²) in [6.07, 6.45) is 0. The minimum Gasteiger partial charge on any atom is -0.344 e. The van der Waals surface area contributed by atoms with Crippen LogP contribution in [0, 0.1) is 0 Å². The van der Waals surface area contributed by atoms with Crippen LogP contribution < -0.4 is 0 Å². The van der Waals surface area contributed by atoms with Crippen molar-refractivity contribution in [2.45, 2.75) is 0 Å². The molecular formula is C56H38N2. The van der Waals surface area contributed by atoms with Crippen LogP contribution in [-0.4, -0.2) is 9.13 Å². The van der Waals surface area contributed by atoms with Crippen molar-refractivity contribution in [3.05, 3.63) is 194 Å². The Hall–Kier alpha value is -7.42. The van der Waals surface area contributed by atoms with E-state index in [0.717, 1.165) is 0 Å². The highest BCUT2D eigenvalue weighted by atomic mass is 14.9. The zero-order valence-electron chi connectivity index (χ0n) is 32.4. The second-order valence-electron chi connectivity index (χ2n) is 15.8. The molecule has 0 amide bonds. The minimum absolute atomic E-state index is 1.22. The monoisotopic (exact) mass is 738 g/mol. The molecule has 0 atom stereocenters. The van der Waals surface area contributed by atoms with Crippen molar-refractivity contribution in [1.82, 2.24) is 9.13 Å². The van der Waals surface area contributed by atoms with Gasteiger partial charge in [0.05, 0.1) is 0 Å². The van der Waals surface area contributed by atoms with Gasteiger partial charge in [0.1, 0.15) is 0 Å². The van der Waals surface area contributed by atoms with Crippen LogP contribution >= 0.6 is 0 Å². The van der Waals surface area contributed by atoms with E-state index in [9.17, 15) is 0 Å². The normalized spacial score (nSPS) is 12.0. The highest BCUT2D eigenvalue weighted by Crippen LogP contribution is 2.45. The molecule has 0 bridgehead atoms. The van der Waals surface area contributed by atoms with Crippen LogP contribution in [0.4, 0.5) is 0 Å². The number of fused-ring (bicyclic) bond motifs is 9. The maximum Gasteiger partial charge on any atom is 0.0494 e. The molecule has 0 spiro atoms. The van der Waals surface area contributed by atoms with Gasteiger partial charge in [-0.1, -0.05) is 152 Å². The smallest absolute Gasteiger partial charge is 0.0494 e. The Kier molecular flexibility index (Phi) is 7.09. The van der Waals surface area contributed by atoms with Crippen molar-refractivity contribution in [2.75, 3.05) is 0 Å². The topological polar surface area (TPSA) is 9.86 Å². The quantitative estimate of drug-likeness (QED) is 0.159. The van der Waals surface area contributed by atoms with E-state index in [4.69, 9.17) is 0 Å². The molecule has 0 aliphatic heterocycles. The molecule has 2 nitrogen and oxygen atoms in total. The first-order chi connectivity index (χ1) is 28.6. The fourth-order valence-corrected chi connectivity index (χ4v) is 9.85. The summed E-state index contributed by atoms with van der Waals surface area (Å²) in [5.74, 6) is 0. The molecule has 0 N–H and O–H groups in total. The van der Waals surface area contributed by atoms with Crippen LogP contribution in [-0.2, 0) is 14.1 Å². The van der Waals surface area contributed by atoms with Gasteiger partial charge in [0, 0.05) is 57.7 Å². The molecule has 272 valence electrons. The molecule has 12 rings (SSSR count). The van der Waals surface area contributed by atoms with Crippen molar-refractivity contribution < 1.29 is 0 Å². The predicted octanol–water partition coefficient (Wildman–Crippen LogP) is 15.1. The molecule has 2 heterocycles. The molecule has 0 aliphatic rings. The molecule has 0 fully saturated rings. The summed E-state index contributed by atoms with van der Waals surface area (Å²) in [5.41, 5.74) is 14.8. The third-order valence-corrected chi connectivity index (χ3v) is 12.7. The van der Waals surface area contributed by atoms with Gasteiger partial charge in [-0.3, -0.25) is 0 Å². The van der Waals surface area contributed by atoms with E-state index in [1.807, 2.05) is 0 Å². The maximum absolute atomic E-state index is 2.46. The zero-order chi connectivity index (χ0) is 38.5. The number of benzene rings is 10. The molecule has 0 unspecified atom stereocenters. The fraction of sp³-hybridized carbons (Fsp3) is 0.0357. The molecular weight excluding hydrogens is 701 g/mol. The summed E-state index contributed by atoms with van der Waals surface area (Å²) in [5, 5.41) is 12.6. The third kappa shape index (κ3) is 4.85. The van der Waals surface area contributed by atoms with Crippen LogP contribution in [0.2, 0.25) is 0 Å². The van der Waals surface area contributed by atoms with Gasteiger partial charge in [-0.2, -0.15) is 0 Å². The molecule has 10 aromatic carbocycles. The Balaban J connectivity index is 1.13. The van der Waals surface area contributed by atoms with Gasteiger partial charge in [0.15, 0.2) is 0 Å². The maximum atomic E-state index is 2.46. The van der Waals surface area contributed by atoms with E-state index in [1.165, 1.54) is 120 Å². The summed E-state index contributed by atoms with van der Waals surface area (Å²) in [7, 11) is 4.37. The molecule has 2 aromatic heterocycles. The standard InChI is InChI=1S/C56H38N2/c1-57-52-20-8-6-14-44(52)46-28-26-39(32-54(46)57)42-16-10-18-48-50(42)34-51-43(40-27-29-47-45-15-7-9-21-53(45)58(2)55(47)33-40)17-11-19-49(51)56(48)41-25-24-37-30-36(22-23-38(37)31-41)35-12-4-3-5-13-35/h3-34H,1-2H3. The molecule has 2 heteroatoms. The SMILES string of the molecule is Cn1c2ccccc2c2ccc(-c3cccc4c(-c5ccc6cc(-c7ccccc7)ccc6c5)c5cccc(-c6ccc7c8ccccc8n(C)c7c6)c5cc34)cc21. The highest BCUT2D eigenvalue weighted by molar-refractivity contribution is 6.20. The Morgan fingerprint density at radius 3 is 1.28 bits per heavy atom. The first-order valence-corrected chi connectivity index (χ1v) is 20.1. The second-order valence-corrected chi connectivity index (χ2v) is 15.8. The summed E-state index contributed by atoms with van der Waals surface area (Å²) in [6.45, 7) is 0. The number of aryl methyl sites for hydroxylation is 2. The Morgan fingerprint density at radius 2 is 0.707 bits per heavy atom. The van der Waals surface area contributed by atoms with Gasteiger partial charge in [-0.15, -0.1) is 0 Å². The fourth-order valence-electron chi connectivity index (χ4n) is 9.85. The molecule has 0 saturated carbocycles. The van der Waals surface area contributed by atoms with E-state index < -0.39 is 0 Å². The lowest BCUT2D eigenvalue weighted by molar-refractivity contribution is 1.01. The van der Waals surface area contributed by atoms with Gasteiger partial charge in [0.2, 0.25) is 0 Å². The van der Waals surface area contributed by atoms with Crippen molar-refractivity contribution in [3.63, 3.8) is 0 Å². The average molecular weight is 739 g/mol. The Bertz CT molecular complexity index is 3460. The zero-order valence-corrected chi connectivity index (χ0v) is 32.4. The molecule has 0 saturated heterocycles. The number of rotatable bonds is 4. The Labute approximate surface area is 336 Å². The third-order valence-electron chi connectivity index (χ3n) is 12.7. The Morgan fingerprint density at radius 1 is 0.259 bits per heavy atom. The van der Waals surface area contributed by atoms with Crippen LogP contribution in [0.5, 0.6) is 0 Å². The van der Waals surface area contributed by atoms with Crippen LogP contribution in [0.3, 0.4) is 0 Å². The van der Waals surface area contributed by atoms with Crippen LogP contribution in [0.15, 0.2) is 194 Å². The second kappa shape index (κ2) is 12.5. The van der Waals surface area contributed by atoms with Crippen molar-refractivity contribution in [1.29, 1.82) is 0 Å². The van der Waals surface area contributed by atoms with E-state index in [1.54, 1.807) is 0 Å². The van der Waals surface area contributed by atoms with Crippen LogP contribution in [0.25, 0.3) is 120 Å². The minimum atomic E-state index is 1.22. The number of nitrogens with zero attached hydrogens (tertiary/aromatic N) is 2. The summed E-state index contributed by atoms with van der Waals surface area (Å²) < 4.78 is 4.67.